The van der Waals surface area contributed by atoms with Crippen molar-refractivity contribution in [2.24, 2.45) is 5.73 Å². The fourth-order valence-electron chi connectivity index (χ4n) is 2.99. The molecular weight excluding hydrogens is 308 g/mol. The lowest BCUT2D eigenvalue weighted by molar-refractivity contribution is -0.126. The number of nitrogens with zero attached hydrogens (tertiary/aromatic N) is 3. The number of aryl methyl sites for hydroxylation is 1. The number of ketones is 2. The van der Waals surface area contributed by atoms with Crippen LogP contribution in [0.5, 0.6) is 0 Å². The van der Waals surface area contributed by atoms with Crippen molar-refractivity contribution in [1.29, 1.82) is 0 Å². The summed E-state index contributed by atoms with van der Waals surface area (Å²) in [6.07, 6.45) is 4.69. The average Bonchev–Trinajstić information content (AvgIpc) is 3.02. The van der Waals surface area contributed by atoms with Crippen LogP contribution < -0.4 is 16.4 Å². The highest BCUT2D eigenvalue weighted by Gasteiger charge is 2.36. The lowest BCUT2D eigenvalue weighted by Crippen LogP contribution is -2.58. The maximum Gasteiger partial charge on any atom is 0.166 e. The van der Waals surface area contributed by atoms with Crippen molar-refractivity contribution < 1.29 is 9.59 Å². The van der Waals surface area contributed by atoms with E-state index in [1.807, 2.05) is 20.0 Å². The van der Waals surface area contributed by atoms with E-state index >= 15 is 0 Å². The summed E-state index contributed by atoms with van der Waals surface area (Å²) >= 11 is 0. The van der Waals surface area contributed by atoms with E-state index in [9.17, 15) is 9.59 Å². The van der Waals surface area contributed by atoms with Gasteiger partial charge in [-0.15, -0.1) is 5.10 Å². The largest absolute Gasteiger partial charge is 0.324 e. The Bertz CT molecular complexity index is 601. The van der Waals surface area contributed by atoms with Gasteiger partial charge in [0, 0.05) is 19.2 Å². The number of rotatable bonds is 3. The van der Waals surface area contributed by atoms with Gasteiger partial charge in [-0.1, -0.05) is 5.21 Å². The highest BCUT2D eigenvalue weighted by Crippen LogP contribution is 2.18. The van der Waals surface area contributed by atoms with Crippen LogP contribution in [0.25, 0.3) is 0 Å². The van der Waals surface area contributed by atoms with Crippen molar-refractivity contribution in [2.45, 2.75) is 57.2 Å². The normalized spacial score (nSPS) is 29.4. The number of likely N-dealkylation sites (N-methyl/N-ethyl adjacent to an activating group) is 1. The molecule has 0 saturated carbocycles. The molecule has 0 amide bonds. The molecule has 4 N–H and O–H groups in total. The van der Waals surface area contributed by atoms with Gasteiger partial charge in [0.15, 0.2) is 11.6 Å². The van der Waals surface area contributed by atoms with E-state index in [0.29, 0.717) is 12.8 Å². The Morgan fingerprint density at radius 1 is 1.46 bits per heavy atom. The zero-order valence-electron chi connectivity index (χ0n) is 14.8. The molecule has 0 unspecified atom stereocenters. The molecule has 8 nitrogen and oxygen atoms in total. The van der Waals surface area contributed by atoms with Crippen molar-refractivity contribution in [3.8, 4) is 0 Å². The SMILES string of the molecule is CN[C@@]1(C)Cc2cn(nn2)CCCC[C@@](C)(C(=O)CN)NCC1=O. The summed E-state index contributed by atoms with van der Waals surface area (Å²) in [4.78, 5) is 25.0. The summed E-state index contributed by atoms with van der Waals surface area (Å²) in [7, 11) is 1.75. The molecule has 24 heavy (non-hydrogen) atoms. The fourth-order valence-corrected chi connectivity index (χ4v) is 2.99. The number of hydrogen-bond donors (Lipinski definition) is 3. The van der Waals surface area contributed by atoms with Crippen LogP contribution in [-0.4, -0.2) is 57.8 Å². The smallest absolute Gasteiger partial charge is 0.166 e. The molecule has 0 aromatic carbocycles. The van der Waals surface area contributed by atoms with Gasteiger partial charge in [0.25, 0.3) is 0 Å². The monoisotopic (exact) mass is 336 g/mol. The van der Waals surface area contributed by atoms with Crippen molar-refractivity contribution in [1.82, 2.24) is 25.6 Å². The molecule has 134 valence electrons. The number of carbonyl (C=O) groups is 2. The van der Waals surface area contributed by atoms with Gasteiger partial charge in [-0.3, -0.25) is 19.6 Å². The van der Waals surface area contributed by atoms with Crippen molar-refractivity contribution >= 4 is 11.6 Å². The summed E-state index contributed by atoms with van der Waals surface area (Å²) in [6.45, 7) is 4.49. The zero-order chi connectivity index (χ0) is 17.8. The van der Waals surface area contributed by atoms with Gasteiger partial charge < -0.3 is 11.1 Å². The van der Waals surface area contributed by atoms with Gasteiger partial charge in [0.1, 0.15) is 0 Å². The molecule has 2 rings (SSSR count). The molecule has 1 aliphatic rings. The molecular formula is C16H28N6O2. The standard InChI is InChI=1S/C16H28N6O2/c1-15(13(23)9-17)6-4-5-7-22-11-12(20-21-22)8-16(2,18-3)14(24)10-19-15/h11,18-19H,4-10,17H2,1-3H3/t15-,16-/m0/s1. The third-order valence-electron chi connectivity index (χ3n) is 5.04. The first-order valence-electron chi connectivity index (χ1n) is 8.42. The second kappa shape index (κ2) is 7.50. The molecule has 0 spiro atoms. The Balaban J connectivity index is 2.26. The van der Waals surface area contributed by atoms with Crippen LogP contribution in [0.1, 0.15) is 38.8 Å². The Hall–Kier alpha value is -1.64. The number of carbonyl (C=O) groups excluding carboxylic acids is 2. The molecule has 1 aromatic heterocycles. The summed E-state index contributed by atoms with van der Waals surface area (Å²) in [5.41, 5.74) is 4.79. The van der Waals surface area contributed by atoms with E-state index in [2.05, 4.69) is 20.9 Å². The number of nitrogens with two attached hydrogens (primary N) is 1. The second-order valence-corrected chi connectivity index (χ2v) is 6.93. The Morgan fingerprint density at radius 3 is 2.88 bits per heavy atom. The van der Waals surface area contributed by atoms with Gasteiger partial charge in [0.2, 0.25) is 0 Å². The minimum absolute atomic E-state index is 0.0187. The van der Waals surface area contributed by atoms with E-state index in [-0.39, 0.29) is 24.7 Å². The molecule has 0 saturated heterocycles. The number of hydrogen-bond acceptors (Lipinski definition) is 7. The summed E-state index contributed by atoms with van der Waals surface area (Å²) in [6, 6.07) is 0. The molecule has 2 bridgehead atoms. The quantitative estimate of drug-likeness (QED) is 0.677. The highest BCUT2D eigenvalue weighted by molar-refractivity contribution is 5.93. The maximum atomic E-state index is 12.8. The van der Waals surface area contributed by atoms with E-state index < -0.39 is 11.1 Å². The maximum absolute atomic E-state index is 12.8. The lowest BCUT2D eigenvalue weighted by atomic mass is 9.87. The zero-order valence-corrected chi connectivity index (χ0v) is 14.8. The van der Waals surface area contributed by atoms with Crippen molar-refractivity contribution in [2.75, 3.05) is 20.1 Å². The number of fused-ring (bicyclic) bond motifs is 2. The Kier molecular flexibility index (Phi) is 5.84. The average molecular weight is 336 g/mol. The van der Waals surface area contributed by atoms with E-state index in [1.54, 1.807) is 11.7 Å². The van der Waals surface area contributed by atoms with E-state index in [4.69, 9.17) is 5.73 Å². The van der Waals surface area contributed by atoms with Gasteiger partial charge in [-0.05, 0) is 40.2 Å². The third kappa shape index (κ3) is 4.06. The summed E-state index contributed by atoms with van der Waals surface area (Å²) in [5, 5.41) is 14.5. The minimum Gasteiger partial charge on any atom is -0.324 e. The third-order valence-corrected chi connectivity index (χ3v) is 5.04. The number of Topliss-reactive ketones (excluding diaryl/α,β-unsaturated/α-hetero) is 2. The number of aromatic nitrogens is 3. The van der Waals surface area contributed by atoms with E-state index in [1.165, 1.54) is 0 Å². The fraction of sp³-hybridized carbons (Fsp3) is 0.750. The first-order chi connectivity index (χ1) is 11.3. The van der Waals surface area contributed by atoms with Crippen LogP contribution in [0.2, 0.25) is 0 Å². The lowest BCUT2D eigenvalue weighted by Gasteiger charge is -2.32. The minimum atomic E-state index is -0.778. The molecule has 2 heterocycles. The molecule has 1 aromatic rings. The highest BCUT2D eigenvalue weighted by atomic mass is 16.1. The molecule has 0 aliphatic carbocycles. The second-order valence-electron chi connectivity index (χ2n) is 6.93. The van der Waals surface area contributed by atoms with Crippen LogP contribution in [0.15, 0.2) is 6.20 Å². The Labute approximate surface area is 142 Å². The van der Waals surface area contributed by atoms with Crippen LogP contribution in [0.4, 0.5) is 0 Å². The molecule has 0 fully saturated rings. The first kappa shape index (κ1) is 18.7. The van der Waals surface area contributed by atoms with Gasteiger partial charge in [-0.25, -0.2) is 0 Å². The molecule has 8 heteroatoms. The molecule has 0 radical (unpaired) electrons. The Morgan fingerprint density at radius 2 is 2.21 bits per heavy atom. The van der Waals surface area contributed by atoms with E-state index in [0.717, 1.165) is 25.1 Å². The van der Waals surface area contributed by atoms with Crippen LogP contribution in [0.3, 0.4) is 0 Å². The summed E-state index contributed by atoms with van der Waals surface area (Å²) < 4.78 is 1.79. The van der Waals surface area contributed by atoms with Crippen LogP contribution in [-0.2, 0) is 22.6 Å². The summed E-state index contributed by atoms with van der Waals surface area (Å²) in [5.74, 6) is -0.0892. The van der Waals surface area contributed by atoms with Gasteiger partial charge in [-0.2, -0.15) is 0 Å². The predicted molar refractivity (Wildman–Crippen MR) is 90.5 cm³/mol. The predicted octanol–water partition coefficient (Wildman–Crippen LogP) is -0.572. The van der Waals surface area contributed by atoms with Crippen LogP contribution in [0, 0.1) is 0 Å². The first-order valence-corrected chi connectivity index (χ1v) is 8.42. The molecule has 1 aliphatic heterocycles. The van der Waals surface area contributed by atoms with Gasteiger partial charge >= 0.3 is 0 Å². The molecule has 2 atom stereocenters. The van der Waals surface area contributed by atoms with Crippen LogP contribution >= 0.6 is 0 Å². The van der Waals surface area contributed by atoms with Crippen molar-refractivity contribution in [3.63, 3.8) is 0 Å². The van der Waals surface area contributed by atoms with Gasteiger partial charge in [0.05, 0.1) is 29.9 Å². The number of nitrogens with one attached hydrogen (secondary N) is 2. The topological polar surface area (TPSA) is 115 Å². The van der Waals surface area contributed by atoms with Crippen molar-refractivity contribution in [3.05, 3.63) is 11.9 Å².